The molecule has 0 bridgehead atoms. The summed E-state index contributed by atoms with van der Waals surface area (Å²) >= 11 is 0. The van der Waals surface area contributed by atoms with E-state index in [-0.39, 0.29) is 0 Å². The van der Waals surface area contributed by atoms with Crippen molar-refractivity contribution in [3.63, 3.8) is 0 Å². The molecule has 0 spiro atoms. The molecule has 2 aromatic heterocycles. The minimum Gasteiger partial charge on any atom is -0.370 e. The average Bonchev–Trinajstić information content (AvgIpc) is 3.26. The first kappa shape index (κ1) is 16.2. The van der Waals surface area contributed by atoms with E-state index in [4.69, 9.17) is 0 Å². The van der Waals surface area contributed by atoms with E-state index in [0.717, 1.165) is 40.6 Å². The number of fused-ring (bicyclic) bond motifs is 1. The highest BCUT2D eigenvalue weighted by molar-refractivity contribution is 5.76. The fourth-order valence-electron chi connectivity index (χ4n) is 3.87. The third-order valence-corrected chi connectivity index (χ3v) is 5.40. The Hall–Kier alpha value is -2.27. The van der Waals surface area contributed by atoms with E-state index in [1.807, 2.05) is 43.4 Å². The maximum Gasteiger partial charge on any atom is 0.148 e. The second kappa shape index (κ2) is 6.56. The Labute approximate surface area is 148 Å². The Morgan fingerprint density at radius 1 is 1.28 bits per heavy atom. The molecule has 132 valence electrons. The summed E-state index contributed by atoms with van der Waals surface area (Å²) < 4.78 is 2.12. The van der Waals surface area contributed by atoms with E-state index in [9.17, 15) is 5.11 Å². The van der Waals surface area contributed by atoms with Gasteiger partial charge in [-0.3, -0.25) is 4.40 Å². The number of aliphatic hydroxyl groups excluding tert-OH is 1. The molecular weight excluding hydrogens is 312 g/mol. The maximum atomic E-state index is 10.1. The predicted molar refractivity (Wildman–Crippen MR) is 101 cm³/mol. The molecule has 1 aliphatic heterocycles. The normalized spacial score (nSPS) is 21.6. The van der Waals surface area contributed by atoms with Crippen molar-refractivity contribution < 1.29 is 5.11 Å². The highest BCUT2D eigenvalue weighted by Crippen LogP contribution is 2.27. The predicted octanol–water partition coefficient (Wildman–Crippen LogP) is 3.49. The van der Waals surface area contributed by atoms with Crippen LogP contribution in [0, 0.1) is 5.92 Å². The van der Waals surface area contributed by atoms with Crippen molar-refractivity contribution in [1.29, 1.82) is 0 Å². The van der Waals surface area contributed by atoms with Gasteiger partial charge in [-0.15, -0.1) is 0 Å². The van der Waals surface area contributed by atoms with Gasteiger partial charge in [0.2, 0.25) is 0 Å². The van der Waals surface area contributed by atoms with Gasteiger partial charge in [-0.2, -0.15) is 0 Å². The molecule has 1 atom stereocenters. The zero-order chi connectivity index (χ0) is 17.4. The van der Waals surface area contributed by atoms with Crippen molar-refractivity contribution >= 4 is 17.0 Å². The summed E-state index contributed by atoms with van der Waals surface area (Å²) in [7, 11) is 1.89. The van der Waals surface area contributed by atoms with Crippen LogP contribution in [0.1, 0.15) is 38.2 Å². The lowest BCUT2D eigenvalue weighted by atomic mass is 10.0. The van der Waals surface area contributed by atoms with Crippen LogP contribution >= 0.6 is 0 Å². The number of hydrogen-bond acceptors (Lipinski definition) is 4. The third kappa shape index (κ3) is 3.16. The zero-order valence-electron chi connectivity index (χ0n) is 14.9. The van der Waals surface area contributed by atoms with Crippen LogP contribution < -0.4 is 5.32 Å². The molecule has 1 fully saturated rings. The Bertz CT molecular complexity index is 829. The van der Waals surface area contributed by atoms with Gasteiger partial charge in [-0.05, 0) is 60.6 Å². The largest absolute Gasteiger partial charge is 0.370 e. The maximum absolute atomic E-state index is 10.1. The molecular formula is C20H26N4O. The summed E-state index contributed by atoms with van der Waals surface area (Å²) in [5.74, 6) is 1.84. The molecule has 0 radical (unpaired) electrons. The van der Waals surface area contributed by atoms with Crippen LogP contribution in [0.4, 0.5) is 5.82 Å². The highest BCUT2D eigenvalue weighted by Gasteiger charge is 2.18. The minimum absolute atomic E-state index is 0.538. The summed E-state index contributed by atoms with van der Waals surface area (Å²) in [6.07, 6.45) is 12.9. The summed E-state index contributed by atoms with van der Waals surface area (Å²) in [6, 6.07) is 4.13. The van der Waals surface area contributed by atoms with Crippen molar-refractivity contribution in [2.45, 2.75) is 38.8 Å². The second-order valence-corrected chi connectivity index (χ2v) is 7.33. The summed E-state index contributed by atoms with van der Waals surface area (Å²) in [4.78, 5) is 6.34. The number of allylic oxidation sites excluding steroid dienone is 2. The lowest BCUT2D eigenvalue weighted by Crippen LogP contribution is -2.30. The van der Waals surface area contributed by atoms with Crippen LogP contribution in [0.25, 0.3) is 11.2 Å². The van der Waals surface area contributed by atoms with Crippen molar-refractivity contribution in [1.82, 2.24) is 14.3 Å². The molecule has 3 heterocycles. The van der Waals surface area contributed by atoms with Crippen LogP contribution in [0.15, 0.2) is 42.4 Å². The number of nitrogens with one attached hydrogen (secondary N) is 1. The molecule has 1 unspecified atom stereocenters. The summed E-state index contributed by atoms with van der Waals surface area (Å²) in [5, 5.41) is 13.6. The molecule has 1 saturated carbocycles. The van der Waals surface area contributed by atoms with E-state index in [1.165, 1.54) is 25.7 Å². The molecule has 5 heteroatoms. The minimum atomic E-state index is -0.538. The van der Waals surface area contributed by atoms with Crippen LogP contribution in [0.5, 0.6) is 0 Å². The summed E-state index contributed by atoms with van der Waals surface area (Å²) in [6.45, 7) is 2.98. The van der Waals surface area contributed by atoms with Gasteiger partial charge in [-0.25, -0.2) is 4.98 Å². The van der Waals surface area contributed by atoms with E-state index in [1.54, 1.807) is 0 Å². The van der Waals surface area contributed by atoms with Gasteiger partial charge >= 0.3 is 0 Å². The molecule has 4 rings (SSSR count). The number of hydrogen-bond donors (Lipinski definition) is 2. The zero-order valence-corrected chi connectivity index (χ0v) is 14.9. The second-order valence-electron chi connectivity index (χ2n) is 7.33. The lowest BCUT2D eigenvalue weighted by Gasteiger charge is -2.27. The summed E-state index contributed by atoms with van der Waals surface area (Å²) in [5.41, 5.74) is 4.11. The van der Waals surface area contributed by atoms with Gasteiger partial charge in [0.1, 0.15) is 17.7 Å². The molecule has 0 aromatic carbocycles. The monoisotopic (exact) mass is 338 g/mol. The van der Waals surface area contributed by atoms with Gasteiger partial charge in [-0.1, -0.05) is 12.8 Å². The Morgan fingerprint density at radius 2 is 2.08 bits per heavy atom. The highest BCUT2D eigenvalue weighted by atomic mass is 16.3. The van der Waals surface area contributed by atoms with Gasteiger partial charge < -0.3 is 15.3 Å². The number of anilines is 1. The number of imidazole rings is 1. The standard InChI is InChI=1S/C20H26N4O/c1-14-9-17(12-23(2)20(14)25)16-7-8-18-22-11-19(24(18)13-16)21-10-15-5-3-4-6-15/h7-9,11-13,15,20-21,25H,3-6,10H2,1-2H3. The number of rotatable bonds is 4. The van der Waals surface area contributed by atoms with Crippen LogP contribution in [0.3, 0.4) is 0 Å². The van der Waals surface area contributed by atoms with E-state index >= 15 is 0 Å². The average molecular weight is 338 g/mol. The Kier molecular flexibility index (Phi) is 4.25. The number of nitrogens with zero attached hydrogens (tertiary/aromatic N) is 3. The van der Waals surface area contributed by atoms with Gasteiger partial charge in [0.25, 0.3) is 0 Å². The first-order valence-corrected chi connectivity index (χ1v) is 9.13. The molecule has 0 amide bonds. The molecule has 25 heavy (non-hydrogen) atoms. The SMILES string of the molecule is CC1=CC(c2ccc3ncc(NCC4CCCC4)n3c2)=CN(C)C1O. The molecule has 0 saturated heterocycles. The van der Waals surface area contributed by atoms with Gasteiger partial charge in [0, 0.05) is 26.0 Å². The molecule has 2 aliphatic rings. The van der Waals surface area contributed by atoms with Gasteiger partial charge in [0.05, 0.1) is 6.20 Å². The van der Waals surface area contributed by atoms with Crippen molar-refractivity contribution in [2.24, 2.45) is 5.92 Å². The Morgan fingerprint density at radius 3 is 2.84 bits per heavy atom. The van der Waals surface area contributed by atoms with Crippen LogP contribution in [-0.4, -0.2) is 39.2 Å². The fourth-order valence-corrected chi connectivity index (χ4v) is 3.87. The van der Waals surface area contributed by atoms with Crippen LogP contribution in [-0.2, 0) is 0 Å². The first-order valence-electron chi connectivity index (χ1n) is 9.13. The molecule has 1 aliphatic carbocycles. The van der Waals surface area contributed by atoms with E-state index < -0.39 is 6.23 Å². The molecule has 2 aromatic rings. The number of aliphatic hydroxyl groups is 1. The quantitative estimate of drug-likeness (QED) is 0.896. The number of aromatic nitrogens is 2. The molecule has 2 N–H and O–H groups in total. The number of likely N-dealkylation sites (N-methyl/N-ethyl adjacent to an activating group) is 1. The van der Waals surface area contributed by atoms with E-state index in [0.29, 0.717) is 0 Å². The van der Waals surface area contributed by atoms with Crippen molar-refractivity contribution in [2.75, 3.05) is 18.9 Å². The first-order chi connectivity index (χ1) is 12.1. The van der Waals surface area contributed by atoms with E-state index in [2.05, 4.69) is 27.0 Å². The smallest absolute Gasteiger partial charge is 0.148 e. The van der Waals surface area contributed by atoms with Gasteiger partial charge in [0.15, 0.2) is 0 Å². The van der Waals surface area contributed by atoms with Crippen molar-refractivity contribution in [3.8, 4) is 0 Å². The van der Waals surface area contributed by atoms with Crippen molar-refractivity contribution in [3.05, 3.63) is 47.9 Å². The third-order valence-electron chi connectivity index (χ3n) is 5.40. The number of pyridine rings is 1. The fraction of sp³-hybridized carbons (Fsp3) is 0.450. The lowest BCUT2D eigenvalue weighted by molar-refractivity contribution is 0.0868. The van der Waals surface area contributed by atoms with Crippen LogP contribution in [0.2, 0.25) is 0 Å². The Balaban J connectivity index is 1.61. The molecule has 5 nitrogen and oxygen atoms in total. The topological polar surface area (TPSA) is 52.8 Å².